The third-order valence-corrected chi connectivity index (χ3v) is 3.62. The number of aliphatic hydroxyl groups excluding tert-OH is 1. The standard InChI is InChI=1S/C18H21ClO3/c19-17(13-21-11-15-7-3-1-4-8-15)18(20)14-22-12-16-9-5-2-6-10-16/h1-10,17-18,20H,11-14H2/t17-,18+/m0/s1. The van der Waals surface area contributed by atoms with Crippen molar-refractivity contribution < 1.29 is 14.6 Å². The van der Waals surface area contributed by atoms with E-state index >= 15 is 0 Å². The van der Waals surface area contributed by atoms with Crippen molar-refractivity contribution in [2.45, 2.75) is 24.7 Å². The topological polar surface area (TPSA) is 38.7 Å². The number of alkyl halides is 1. The van der Waals surface area contributed by atoms with Crippen LogP contribution in [0, 0.1) is 0 Å². The molecule has 0 bridgehead atoms. The Morgan fingerprint density at radius 1 is 0.773 bits per heavy atom. The number of aliphatic hydroxyl groups is 1. The largest absolute Gasteiger partial charge is 0.389 e. The van der Waals surface area contributed by atoms with Gasteiger partial charge in [0.05, 0.1) is 37.9 Å². The van der Waals surface area contributed by atoms with E-state index in [0.717, 1.165) is 11.1 Å². The number of hydrogen-bond acceptors (Lipinski definition) is 3. The molecular weight excluding hydrogens is 300 g/mol. The van der Waals surface area contributed by atoms with Crippen LogP contribution in [0.3, 0.4) is 0 Å². The summed E-state index contributed by atoms with van der Waals surface area (Å²) >= 11 is 6.12. The summed E-state index contributed by atoms with van der Waals surface area (Å²) in [5, 5.41) is 9.47. The van der Waals surface area contributed by atoms with Crippen molar-refractivity contribution in [3.63, 3.8) is 0 Å². The van der Waals surface area contributed by atoms with E-state index in [1.807, 2.05) is 60.7 Å². The number of benzene rings is 2. The second kappa shape index (κ2) is 9.59. The predicted octanol–water partition coefficient (Wildman–Crippen LogP) is 3.39. The third kappa shape index (κ3) is 6.16. The minimum absolute atomic E-state index is 0.192. The Bertz CT molecular complexity index is 469. The first-order chi connectivity index (χ1) is 10.8. The molecule has 0 aliphatic carbocycles. The lowest BCUT2D eigenvalue weighted by Crippen LogP contribution is -2.30. The zero-order valence-corrected chi connectivity index (χ0v) is 13.2. The van der Waals surface area contributed by atoms with E-state index < -0.39 is 11.5 Å². The Morgan fingerprint density at radius 3 is 1.73 bits per heavy atom. The summed E-state index contributed by atoms with van der Waals surface area (Å²) < 4.78 is 11.0. The molecule has 2 aromatic carbocycles. The number of rotatable bonds is 9. The normalized spacial score (nSPS) is 13.7. The average molecular weight is 321 g/mol. The lowest BCUT2D eigenvalue weighted by Gasteiger charge is -2.17. The van der Waals surface area contributed by atoms with Gasteiger partial charge in [-0.05, 0) is 11.1 Å². The Hall–Kier alpha value is -1.39. The van der Waals surface area contributed by atoms with E-state index in [2.05, 4.69) is 0 Å². The molecular formula is C18H21ClO3. The first-order valence-electron chi connectivity index (χ1n) is 7.31. The van der Waals surface area contributed by atoms with Crippen LogP contribution in [-0.4, -0.2) is 29.8 Å². The van der Waals surface area contributed by atoms with Gasteiger partial charge in [-0.2, -0.15) is 0 Å². The number of ether oxygens (including phenoxy) is 2. The molecule has 2 atom stereocenters. The molecule has 0 aromatic heterocycles. The summed E-state index contributed by atoms with van der Waals surface area (Å²) in [6, 6.07) is 19.7. The maximum Gasteiger partial charge on any atom is 0.0959 e. The Kier molecular flexibility index (Phi) is 7.40. The molecule has 0 saturated heterocycles. The van der Waals surface area contributed by atoms with Gasteiger partial charge in [-0.3, -0.25) is 0 Å². The van der Waals surface area contributed by atoms with Crippen molar-refractivity contribution in [1.82, 2.24) is 0 Å². The van der Waals surface area contributed by atoms with Gasteiger partial charge in [-0.15, -0.1) is 11.6 Å². The zero-order chi connectivity index (χ0) is 15.6. The molecule has 0 fully saturated rings. The van der Waals surface area contributed by atoms with Gasteiger partial charge in [0.25, 0.3) is 0 Å². The van der Waals surface area contributed by atoms with Crippen molar-refractivity contribution in [2.75, 3.05) is 13.2 Å². The molecule has 0 amide bonds. The van der Waals surface area contributed by atoms with Gasteiger partial charge in [0.15, 0.2) is 0 Å². The molecule has 2 aromatic rings. The Labute approximate surface area is 136 Å². The fraction of sp³-hybridized carbons (Fsp3) is 0.333. The quantitative estimate of drug-likeness (QED) is 0.720. The molecule has 0 radical (unpaired) electrons. The van der Waals surface area contributed by atoms with Crippen LogP contribution in [0.15, 0.2) is 60.7 Å². The Morgan fingerprint density at radius 2 is 1.23 bits per heavy atom. The highest BCUT2D eigenvalue weighted by atomic mass is 35.5. The summed E-state index contributed by atoms with van der Waals surface area (Å²) in [4.78, 5) is 0. The molecule has 3 nitrogen and oxygen atoms in total. The van der Waals surface area contributed by atoms with Crippen LogP contribution in [0.2, 0.25) is 0 Å². The molecule has 22 heavy (non-hydrogen) atoms. The lowest BCUT2D eigenvalue weighted by atomic mass is 10.2. The second-order valence-corrected chi connectivity index (χ2v) is 5.65. The predicted molar refractivity (Wildman–Crippen MR) is 87.8 cm³/mol. The van der Waals surface area contributed by atoms with Gasteiger partial charge in [-0.25, -0.2) is 0 Å². The van der Waals surface area contributed by atoms with Gasteiger partial charge in [0.1, 0.15) is 0 Å². The molecule has 0 aliphatic rings. The monoisotopic (exact) mass is 320 g/mol. The smallest absolute Gasteiger partial charge is 0.0959 e. The number of hydrogen-bond donors (Lipinski definition) is 1. The molecule has 2 rings (SSSR count). The maximum absolute atomic E-state index is 9.96. The second-order valence-electron chi connectivity index (χ2n) is 5.08. The average Bonchev–Trinajstić information content (AvgIpc) is 2.56. The number of halogens is 1. The van der Waals surface area contributed by atoms with Crippen LogP contribution in [-0.2, 0) is 22.7 Å². The van der Waals surface area contributed by atoms with E-state index in [9.17, 15) is 5.11 Å². The van der Waals surface area contributed by atoms with Crippen LogP contribution in [0.1, 0.15) is 11.1 Å². The molecule has 0 heterocycles. The van der Waals surface area contributed by atoms with E-state index in [1.54, 1.807) is 0 Å². The van der Waals surface area contributed by atoms with E-state index in [0.29, 0.717) is 13.2 Å². The molecule has 4 heteroatoms. The fourth-order valence-electron chi connectivity index (χ4n) is 1.95. The highest BCUT2D eigenvalue weighted by molar-refractivity contribution is 6.21. The Balaban J connectivity index is 1.61. The van der Waals surface area contributed by atoms with Crippen molar-refractivity contribution in [3.8, 4) is 0 Å². The van der Waals surface area contributed by atoms with Crippen LogP contribution in [0.4, 0.5) is 0 Å². The van der Waals surface area contributed by atoms with Crippen molar-refractivity contribution in [1.29, 1.82) is 0 Å². The summed E-state index contributed by atoms with van der Waals surface area (Å²) in [6.45, 7) is 1.43. The van der Waals surface area contributed by atoms with Gasteiger partial charge in [-0.1, -0.05) is 60.7 Å². The summed E-state index contributed by atoms with van der Waals surface area (Å²) in [7, 11) is 0. The van der Waals surface area contributed by atoms with Gasteiger partial charge in [0.2, 0.25) is 0 Å². The van der Waals surface area contributed by atoms with E-state index in [1.165, 1.54) is 0 Å². The minimum Gasteiger partial charge on any atom is -0.389 e. The summed E-state index contributed by atoms with van der Waals surface area (Å²) in [6.07, 6.45) is -0.749. The van der Waals surface area contributed by atoms with E-state index in [-0.39, 0.29) is 13.2 Å². The maximum atomic E-state index is 9.96. The van der Waals surface area contributed by atoms with Crippen LogP contribution in [0.25, 0.3) is 0 Å². The van der Waals surface area contributed by atoms with Crippen molar-refractivity contribution >= 4 is 11.6 Å². The zero-order valence-electron chi connectivity index (χ0n) is 12.4. The van der Waals surface area contributed by atoms with Crippen LogP contribution < -0.4 is 0 Å². The summed E-state index contributed by atoms with van der Waals surface area (Å²) in [5.41, 5.74) is 2.15. The van der Waals surface area contributed by atoms with Crippen molar-refractivity contribution in [3.05, 3.63) is 71.8 Å². The molecule has 0 aliphatic heterocycles. The molecule has 118 valence electrons. The molecule has 0 unspecified atom stereocenters. The lowest BCUT2D eigenvalue weighted by molar-refractivity contribution is 0.00803. The van der Waals surface area contributed by atoms with Gasteiger partial charge in [0, 0.05) is 0 Å². The first kappa shape index (κ1) is 17.0. The highest BCUT2D eigenvalue weighted by Gasteiger charge is 2.17. The highest BCUT2D eigenvalue weighted by Crippen LogP contribution is 2.09. The van der Waals surface area contributed by atoms with E-state index in [4.69, 9.17) is 21.1 Å². The minimum atomic E-state index is -0.749. The third-order valence-electron chi connectivity index (χ3n) is 3.21. The summed E-state index contributed by atoms with van der Waals surface area (Å²) in [5.74, 6) is 0. The van der Waals surface area contributed by atoms with Crippen LogP contribution in [0.5, 0.6) is 0 Å². The van der Waals surface area contributed by atoms with Crippen LogP contribution >= 0.6 is 11.6 Å². The molecule has 1 N–H and O–H groups in total. The SMILES string of the molecule is O[C@H](COCc1ccccc1)[C@@H](Cl)COCc1ccccc1. The van der Waals surface area contributed by atoms with Crippen molar-refractivity contribution in [2.24, 2.45) is 0 Å². The van der Waals surface area contributed by atoms with Gasteiger partial charge >= 0.3 is 0 Å². The molecule has 0 spiro atoms. The first-order valence-corrected chi connectivity index (χ1v) is 7.75. The fourth-order valence-corrected chi connectivity index (χ4v) is 2.11. The molecule has 0 saturated carbocycles. The van der Waals surface area contributed by atoms with Gasteiger partial charge < -0.3 is 14.6 Å².